The molecule has 0 aliphatic rings. The van der Waals surface area contributed by atoms with Gasteiger partial charge in [0, 0.05) is 0 Å². The zero-order valence-corrected chi connectivity index (χ0v) is 12.6. The molecule has 1 unspecified atom stereocenters. The molecule has 2 rings (SSSR count). The molecule has 0 aliphatic carbocycles. The molecule has 0 amide bonds. The summed E-state index contributed by atoms with van der Waals surface area (Å²) in [5.74, 6) is 0.727. The van der Waals surface area contributed by atoms with Gasteiger partial charge in [-0.15, -0.1) is 0 Å². The summed E-state index contributed by atoms with van der Waals surface area (Å²) in [6, 6.07) is 15.2. The summed E-state index contributed by atoms with van der Waals surface area (Å²) >= 11 is 0. The van der Waals surface area contributed by atoms with Gasteiger partial charge in [-0.3, -0.25) is 0 Å². The predicted octanol–water partition coefficient (Wildman–Crippen LogP) is 3.46. The maximum Gasteiger partial charge on any atom is 0.125 e. The average molecular weight is 281 g/mol. The molecule has 108 valence electrons. The Morgan fingerprint density at radius 1 is 1.14 bits per heavy atom. The lowest BCUT2D eigenvalue weighted by molar-refractivity contribution is 0.00719. The number of ether oxygens (including phenoxy) is 1. The molecule has 2 aromatic carbocycles. The molecule has 0 spiro atoms. The Morgan fingerprint density at radius 3 is 2.24 bits per heavy atom. The Labute approximate surface area is 125 Å². The smallest absolute Gasteiger partial charge is 0.125 e. The van der Waals surface area contributed by atoms with Crippen LogP contribution in [0.1, 0.15) is 29.2 Å². The van der Waals surface area contributed by atoms with Crippen molar-refractivity contribution in [2.24, 2.45) is 0 Å². The topological polar surface area (TPSA) is 53.2 Å². The monoisotopic (exact) mass is 281 g/mol. The van der Waals surface area contributed by atoms with Gasteiger partial charge in [-0.1, -0.05) is 30.3 Å². The van der Waals surface area contributed by atoms with Crippen LogP contribution in [0, 0.1) is 25.2 Å². The molecule has 0 aliphatic heterocycles. The van der Waals surface area contributed by atoms with Gasteiger partial charge in [0.25, 0.3) is 0 Å². The molecule has 0 aromatic heterocycles. The standard InChI is InChI=1S/C18H19NO2/c1-13-9-15(11-19)10-14(2)17(13)21-12-18(3,20)16-7-5-4-6-8-16/h4-10,20H,12H2,1-3H3. The van der Waals surface area contributed by atoms with Crippen LogP contribution in [-0.2, 0) is 5.60 Å². The molecule has 0 saturated heterocycles. The molecule has 1 atom stereocenters. The first kappa shape index (κ1) is 15.1. The maximum atomic E-state index is 10.6. The number of hydrogen-bond acceptors (Lipinski definition) is 3. The molecule has 0 saturated carbocycles. The fourth-order valence-corrected chi connectivity index (χ4v) is 2.34. The van der Waals surface area contributed by atoms with Crippen molar-refractivity contribution in [2.75, 3.05) is 6.61 Å². The quantitative estimate of drug-likeness (QED) is 0.933. The van der Waals surface area contributed by atoms with E-state index < -0.39 is 5.60 Å². The SMILES string of the molecule is Cc1cc(C#N)cc(C)c1OCC(C)(O)c1ccccc1. The number of aliphatic hydroxyl groups is 1. The van der Waals surface area contributed by atoms with E-state index in [0.717, 1.165) is 22.4 Å². The van der Waals surface area contributed by atoms with Crippen molar-refractivity contribution in [1.82, 2.24) is 0 Å². The minimum atomic E-state index is -1.06. The lowest BCUT2D eigenvalue weighted by Gasteiger charge is -2.25. The van der Waals surface area contributed by atoms with Crippen molar-refractivity contribution in [2.45, 2.75) is 26.4 Å². The minimum absolute atomic E-state index is 0.157. The highest BCUT2D eigenvalue weighted by molar-refractivity contribution is 5.47. The predicted molar refractivity (Wildman–Crippen MR) is 82.1 cm³/mol. The van der Waals surface area contributed by atoms with Crippen LogP contribution in [0.5, 0.6) is 5.75 Å². The molecular formula is C18H19NO2. The van der Waals surface area contributed by atoms with Crippen molar-refractivity contribution >= 4 is 0 Å². The van der Waals surface area contributed by atoms with Crippen LogP contribution in [-0.4, -0.2) is 11.7 Å². The number of hydrogen-bond donors (Lipinski definition) is 1. The van der Waals surface area contributed by atoms with Crippen LogP contribution in [0.25, 0.3) is 0 Å². The summed E-state index contributed by atoms with van der Waals surface area (Å²) in [7, 11) is 0. The molecule has 1 N–H and O–H groups in total. The Morgan fingerprint density at radius 2 is 1.71 bits per heavy atom. The first-order chi connectivity index (χ1) is 9.94. The first-order valence-electron chi connectivity index (χ1n) is 6.86. The number of nitrogens with zero attached hydrogens (tertiary/aromatic N) is 1. The van der Waals surface area contributed by atoms with Crippen LogP contribution in [0.4, 0.5) is 0 Å². The van der Waals surface area contributed by atoms with Crippen molar-refractivity contribution < 1.29 is 9.84 Å². The van der Waals surface area contributed by atoms with Gasteiger partial charge in [0.1, 0.15) is 18.0 Å². The van der Waals surface area contributed by atoms with E-state index in [-0.39, 0.29) is 6.61 Å². The van der Waals surface area contributed by atoms with Gasteiger partial charge in [-0.2, -0.15) is 5.26 Å². The van der Waals surface area contributed by atoms with E-state index in [0.29, 0.717) is 5.56 Å². The highest BCUT2D eigenvalue weighted by Gasteiger charge is 2.24. The van der Waals surface area contributed by atoms with Gasteiger partial charge in [0.15, 0.2) is 0 Å². The van der Waals surface area contributed by atoms with Crippen LogP contribution in [0.3, 0.4) is 0 Å². The molecule has 3 heteroatoms. The third-order valence-electron chi connectivity index (χ3n) is 3.48. The molecule has 0 bridgehead atoms. The van der Waals surface area contributed by atoms with Crippen LogP contribution < -0.4 is 4.74 Å². The number of nitriles is 1. The van der Waals surface area contributed by atoms with Crippen molar-refractivity contribution in [3.8, 4) is 11.8 Å². The molecule has 0 radical (unpaired) electrons. The third kappa shape index (κ3) is 3.42. The fraction of sp³-hybridized carbons (Fsp3) is 0.278. The van der Waals surface area contributed by atoms with E-state index in [4.69, 9.17) is 10.00 Å². The van der Waals surface area contributed by atoms with Gasteiger partial charge < -0.3 is 9.84 Å². The van der Waals surface area contributed by atoms with Crippen molar-refractivity contribution in [3.05, 3.63) is 64.7 Å². The Kier molecular flexibility index (Phi) is 4.30. The summed E-state index contributed by atoms with van der Waals surface area (Å²) in [6.07, 6.45) is 0. The molecule has 21 heavy (non-hydrogen) atoms. The molecule has 0 heterocycles. The molecule has 3 nitrogen and oxygen atoms in total. The Balaban J connectivity index is 2.19. The molecule has 0 fully saturated rings. The fourth-order valence-electron chi connectivity index (χ4n) is 2.34. The zero-order valence-electron chi connectivity index (χ0n) is 12.6. The highest BCUT2D eigenvalue weighted by Crippen LogP contribution is 2.27. The van der Waals surface area contributed by atoms with E-state index in [1.54, 1.807) is 19.1 Å². The molecule has 2 aromatic rings. The van der Waals surface area contributed by atoms with Crippen LogP contribution >= 0.6 is 0 Å². The van der Waals surface area contributed by atoms with Gasteiger partial charge in [0.05, 0.1) is 11.6 Å². The van der Waals surface area contributed by atoms with Crippen molar-refractivity contribution in [1.29, 1.82) is 5.26 Å². The zero-order chi connectivity index (χ0) is 15.5. The number of rotatable bonds is 4. The second kappa shape index (κ2) is 5.99. The van der Waals surface area contributed by atoms with E-state index in [1.165, 1.54) is 0 Å². The van der Waals surface area contributed by atoms with E-state index >= 15 is 0 Å². The van der Waals surface area contributed by atoms with Gasteiger partial charge in [-0.05, 0) is 49.6 Å². The molecular weight excluding hydrogens is 262 g/mol. The van der Waals surface area contributed by atoms with E-state index in [1.807, 2.05) is 44.2 Å². The summed E-state index contributed by atoms with van der Waals surface area (Å²) in [4.78, 5) is 0. The van der Waals surface area contributed by atoms with Crippen LogP contribution in [0.2, 0.25) is 0 Å². The Hall–Kier alpha value is -2.31. The Bertz CT molecular complexity index is 646. The first-order valence-corrected chi connectivity index (χ1v) is 6.86. The minimum Gasteiger partial charge on any atom is -0.490 e. The lowest BCUT2D eigenvalue weighted by atomic mass is 9.97. The second-order valence-electron chi connectivity index (χ2n) is 5.48. The van der Waals surface area contributed by atoms with Crippen molar-refractivity contribution in [3.63, 3.8) is 0 Å². The maximum absolute atomic E-state index is 10.6. The second-order valence-corrected chi connectivity index (χ2v) is 5.48. The highest BCUT2D eigenvalue weighted by atomic mass is 16.5. The van der Waals surface area contributed by atoms with E-state index in [9.17, 15) is 5.11 Å². The number of benzene rings is 2. The summed E-state index contributed by atoms with van der Waals surface area (Å²) in [6.45, 7) is 5.70. The van der Waals surface area contributed by atoms with E-state index in [2.05, 4.69) is 6.07 Å². The van der Waals surface area contributed by atoms with Gasteiger partial charge in [0.2, 0.25) is 0 Å². The lowest BCUT2D eigenvalue weighted by Crippen LogP contribution is -2.29. The third-order valence-corrected chi connectivity index (χ3v) is 3.48. The summed E-state index contributed by atoms with van der Waals surface area (Å²) < 4.78 is 5.83. The number of aryl methyl sites for hydroxylation is 2. The summed E-state index contributed by atoms with van der Waals surface area (Å²) in [5, 5.41) is 19.5. The average Bonchev–Trinajstić information content (AvgIpc) is 2.47. The normalized spacial score (nSPS) is 13.3. The largest absolute Gasteiger partial charge is 0.490 e. The van der Waals surface area contributed by atoms with Gasteiger partial charge >= 0.3 is 0 Å². The van der Waals surface area contributed by atoms with Crippen LogP contribution in [0.15, 0.2) is 42.5 Å². The van der Waals surface area contributed by atoms with Gasteiger partial charge in [-0.25, -0.2) is 0 Å². The summed E-state index contributed by atoms with van der Waals surface area (Å²) in [5.41, 5.74) is 2.17.